The largest absolute Gasteiger partial charge is 0.464 e. The molecule has 1 unspecified atom stereocenters. The smallest absolute Gasteiger partial charge is 0.329 e. The van der Waals surface area contributed by atoms with E-state index in [2.05, 4.69) is 31.0 Å². The van der Waals surface area contributed by atoms with Crippen LogP contribution in [0.15, 0.2) is 29.3 Å². The van der Waals surface area contributed by atoms with Crippen LogP contribution in [0.1, 0.15) is 42.3 Å². The molecule has 0 aliphatic heterocycles. The van der Waals surface area contributed by atoms with Gasteiger partial charge in [0.15, 0.2) is 0 Å². The highest BCUT2D eigenvalue weighted by Gasteiger charge is 2.24. The van der Waals surface area contributed by atoms with Gasteiger partial charge in [-0.1, -0.05) is 25.1 Å². The normalized spacial score (nSPS) is 12.3. The maximum atomic E-state index is 13.3. The van der Waals surface area contributed by atoms with Gasteiger partial charge in [-0.15, -0.1) is 11.3 Å². The zero-order chi connectivity index (χ0) is 19.7. The zero-order valence-corrected chi connectivity index (χ0v) is 17.1. The van der Waals surface area contributed by atoms with Crippen molar-refractivity contribution in [1.29, 1.82) is 0 Å². The van der Waals surface area contributed by atoms with E-state index in [1.807, 2.05) is 19.9 Å². The van der Waals surface area contributed by atoms with Crippen molar-refractivity contribution in [3.05, 3.63) is 50.9 Å². The summed E-state index contributed by atoms with van der Waals surface area (Å²) in [6.45, 7) is 10.0. The third-order valence-corrected chi connectivity index (χ3v) is 5.90. The molecular formula is C21H24N2O3S. The molecule has 0 radical (unpaired) electrons. The quantitative estimate of drug-likeness (QED) is 0.605. The van der Waals surface area contributed by atoms with Gasteiger partial charge in [0, 0.05) is 10.4 Å². The van der Waals surface area contributed by atoms with Crippen LogP contribution in [0.2, 0.25) is 0 Å². The molecule has 1 atom stereocenters. The van der Waals surface area contributed by atoms with Crippen molar-refractivity contribution in [2.24, 2.45) is 0 Å². The third-order valence-electron chi connectivity index (χ3n) is 4.89. The number of hydrogen-bond donors (Lipinski definition) is 0. The molecule has 0 aliphatic rings. The van der Waals surface area contributed by atoms with Crippen molar-refractivity contribution in [1.82, 2.24) is 9.55 Å². The molecule has 6 heteroatoms. The van der Waals surface area contributed by atoms with Crippen LogP contribution in [0.25, 0.3) is 21.3 Å². The van der Waals surface area contributed by atoms with Crippen LogP contribution >= 0.6 is 11.3 Å². The van der Waals surface area contributed by atoms with E-state index in [0.717, 1.165) is 16.0 Å². The lowest BCUT2D eigenvalue weighted by atomic mass is 9.99. The minimum absolute atomic E-state index is 0.197. The number of benzene rings is 1. The molecule has 5 nitrogen and oxygen atoms in total. The molecule has 0 amide bonds. The van der Waals surface area contributed by atoms with Crippen molar-refractivity contribution in [3.63, 3.8) is 0 Å². The summed E-state index contributed by atoms with van der Waals surface area (Å²) >= 11 is 1.50. The highest BCUT2D eigenvalue weighted by molar-refractivity contribution is 7.19. The number of carbonyl (C=O) groups is 1. The molecule has 0 spiro atoms. The number of fused-ring (bicyclic) bond motifs is 1. The highest BCUT2D eigenvalue weighted by Crippen LogP contribution is 2.36. The maximum absolute atomic E-state index is 13.3. The maximum Gasteiger partial charge on any atom is 0.329 e. The van der Waals surface area contributed by atoms with E-state index in [4.69, 9.17) is 4.74 Å². The Hall–Kier alpha value is -2.47. The topological polar surface area (TPSA) is 61.2 Å². The summed E-state index contributed by atoms with van der Waals surface area (Å²) in [5.41, 5.74) is 4.09. The molecule has 3 aromatic rings. The van der Waals surface area contributed by atoms with Crippen molar-refractivity contribution in [3.8, 4) is 11.1 Å². The zero-order valence-electron chi connectivity index (χ0n) is 16.3. The predicted molar refractivity (Wildman–Crippen MR) is 109 cm³/mol. The monoisotopic (exact) mass is 384 g/mol. The van der Waals surface area contributed by atoms with Crippen LogP contribution in [0, 0.1) is 20.8 Å². The summed E-state index contributed by atoms with van der Waals surface area (Å²) in [5, 5.41) is 0.575. The van der Waals surface area contributed by atoms with E-state index in [9.17, 15) is 9.59 Å². The Labute approximate surface area is 162 Å². The fraction of sp³-hybridized carbons (Fsp3) is 0.381. The van der Waals surface area contributed by atoms with Gasteiger partial charge in [0.05, 0.1) is 18.3 Å². The Morgan fingerprint density at radius 1 is 1.22 bits per heavy atom. The molecule has 0 saturated heterocycles. The van der Waals surface area contributed by atoms with Gasteiger partial charge in [0.25, 0.3) is 5.56 Å². The number of ether oxygens (including phenoxy) is 1. The highest BCUT2D eigenvalue weighted by atomic mass is 32.1. The Morgan fingerprint density at radius 3 is 2.59 bits per heavy atom. The minimum Gasteiger partial charge on any atom is -0.464 e. The van der Waals surface area contributed by atoms with Crippen LogP contribution in [-0.2, 0) is 9.53 Å². The van der Waals surface area contributed by atoms with Gasteiger partial charge < -0.3 is 4.74 Å². The summed E-state index contributed by atoms with van der Waals surface area (Å²) in [6.07, 6.45) is 1.93. The van der Waals surface area contributed by atoms with Gasteiger partial charge >= 0.3 is 5.97 Å². The molecule has 0 fully saturated rings. The molecule has 142 valence electrons. The standard InChI is InChI=1S/C21H24N2O3S/c1-6-16(21(25)26-7-2)23-11-22-19-18(20(23)24)17(14(5)27-19)15-9-8-12(3)13(4)10-15/h8-11,16H,6-7H2,1-5H3. The van der Waals surface area contributed by atoms with Gasteiger partial charge in [-0.3, -0.25) is 9.36 Å². The number of thiophene rings is 1. The first-order chi connectivity index (χ1) is 12.9. The van der Waals surface area contributed by atoms with Crippen LogP contribution in [0.4, 0.5) is 0 Å². The molecule has 0 bridgehead atoms. The lowest BCUT2D eigenvalue weighted by Crippen LogP contribution is -2.31. The minimum atomic E-state index is -0.665. The number of aryl methyl sites for hydroxylation is 3. The molecule has 27 heavy (non-hydrogen) atoms. The van der Waals surface area contributed by atoms with E-state index >= 15 is 0 Å². The van der Waals surface area contributed by atoms with Crippen LogP contribution < -0.4 is 5.56 Å². The van der Waals surface area contributed by atoms with Gasteiger partial charge in [-0.25, -0.2) is 9.78 Å². The third kappa shape index (κ3) is 3.41. The number of carbonyl (C=O) groups excluding carboxylic acids is 1. The van der Waals surface area contributed by atoms with E-state index in [-0.39, 0.29) is 12.2 Å². The lowest BCUT2D eigenvalue weighted by Gasteiger charge is -2.16. The summed E-state index contributed by atoms with van der Waals surface area (Å²) in [5.74, 6) is -0.400. The van der Waals surface area contributed by atoms with Crippen LogP contribution in [0.3, 0.4) is 0 Å². The van der Waals surface area contributed by atoms with E-state index in [1.165, 1.54) is 33.4 Å². The number of esters is 1. The van der Waals surface area contributed by atoms with Gasteiger partial charge in [-0.2, -0.15) is 0 Å². The molecule has 0 aliphatic carbocycles. The SMILES string of the molecule is CCOC(=O)C(CC)n1cnc2sc(C)c(-c3ccc(C)c(C)c3)c2c1=O. The fourth-order valence-electron chi connectivity index (χ4n) is 3.30. The van der Waals surface area contributed by atoms with Crippen LogP contribution in [0.5, 0.6) is 0 Å². The molecule has 2 aromatic heterocycles. The molecule has 0 saturated carbocycles. The summed E-state index contributed by atoms with van der Waals surface area (Å²) < 4.78 is 6.56. The second-order valence-electron chi connectivity index (χ2n) is 6.65. The second kappa shape index (κ2) is 7.64. The predicted octanol–water partition coefficient (Wildman–Crippen LogP) is 4.56. The fourth-order valence-corrected chi connectivity index (χ4v) is 4.30. The van der Waals surface area contributed by atoms with E-state index < -0.39 is 12.0 Å². The van der Waals surface area contributed by atoms with Gasteiger partial charge in [0.2, 0.25) is 0 Å². The molecule has 2 heterocycles. The molecule has 1 aromatic carbocycles. The Bertz CT molecular complexity index is 1070. The number of rotatable bonds is 5. The molecular weight excluding hydrogens is 360 g/mol. The molecule has 0 N–H and O–H groups in total. The number of aromatic nitrogens is 2. The Kier molecular flexibility index (Phi) is 5.46. The van der Waals surface area contributed by atoms with Gasteiger partial charge in [0.1, 0.15) is 10.9 Å². The molecule has 3 rings (SSSR count). The van der Waals surface area contributed by atoms with Crippen molar-refractivity contribution in [2.45, 2.75) is 47.1 Å². The first-order valence-corrected chi connectivity index (χ1v) is 9.95. The average molecular weight is 385 g/mol. The van der Waals surface area contributed by atoms with Crippen LogP contribution in [-0.4, -0.2) is 22.1 Å². The van der Waals surface area contributed by atoms with E-state index in [0.29, 0.717) is 16.6 Å². The second-order valence-corrected chi connectivity index (χ2v) is 7.85. The van der Waals surface area contributed by atoms with Crippen molar-refractivity contribution < 1.29 is 9.53 Å². The lowest BCUT2D eigenvalue weighted by molar-refractivity contribution is -0.147. The van der Waals surface area contributed by atoms with E-state index in [1.54, 1.807) is 6.92 Å². The number of hydrogen-bond acceptors (Lipinski definition) is 5. The first-order valence-electron chi connectivity index (χ1n) is 9.13. The summed E-state index contributed by atoms with van der Waals surface area (Å²) in [7, 11) is 0. The summed E-state index contributed by atoms with van der Waals surface area (Å²) in [6, 6.07) is 5.54. The van der Waals surface area contributed by atoms with Gasteiger partial charge in [-0.05, 0) is 50.8 Å². The van der Waals surface area contributed by atoms with Crippen molar-refractivity contribution in [2.75, 3.05) is 6.61 Å². The average Bonchev–Trinajstić information content (AvgIpc) is 2.97. The summed E-state index contributed by atoms with van der Waals surface area (Å²) in [4.78, 5) is 31.8. The van der Waals surface area contributed by atoms with Crippen molar-refractivity contribution >= 4 is 27.5 Å². The number of nitrogens with zero attached hydrogens (tertiary/aromatic N) is 2. The Balaban J connectivity index is 2.25. The Morgan fingerprint density at radius 2 is 1.96 bits per heavy atom. The first kappa shape index (κ1) is 19.3.